The van der Waals surface area contributed by atoms with E-state index in [0.717, 1.165) is 4.90 Å². The summed E-state index contributed by atoms with van der Waals surface area (Å²) < 4.78 is 9.37. The summed E-state index contributed by atoms with van der Waals surface area (Å²) >= 11 is 0. The van der Waals surface area contributed by atoms with Gasteiger partial charge in [0.25, 0.3) is 0 Å². The van der Waals surface area contributed by atoms with Crippen LogP contribution < -0.4 is 5.73 Å². The van der Waals surface area contributed by atoms with Crippen molar-refractivity contribution in [3.63, 3.8) is 0 Å². The van der Waals surface area contributed by atoms with E-state index < -0.39 is 17.8 Å². The summed E-state index contributed by atoms with van der Waals surface area (Å²) in [6.45, 7) is 2.84. The average Bonchev–Trinajstić information content (AvgIpc) is 2.27. The Morgan fingerprint density at radius 3 is 1.71 bits per heavy atom. The summed E-state index contributed by atoms with van der Waals surface area (Å²) in [6, 6.07) is 0. The van der Waals surface area contributed by atoms with Crippen molar-refractivity contribution in [1.82, 2.24) is 4.90 Å². The Morgan fingerprint density at radius 1 is 1.00 bits per heavy atom. The first-order valence-corrected chi connectivity index (χ1v) is 5.34. The maximum Gasteiger partial charge on any atom is 0.325 e. The van der Waals surface area contributed by atoms with Crippen LogP contribution in [0.4, 0.5) is 0 Å². The predicted molar refractivity (Wildman–Crippen MR) is 58.9 cm³/mol. The van der Waals surface area contributed by atoms with Crippen LogP contribution in [0.5, 0.6) is 0 Å². The minimum Gasteiger partial charge on any atom is -0.465 e. The summed E-state index contributed by atoms with van der Waals surface area (Å²) in [6.07, 6.45) is 0. The van der Waals surface area contributed by atoms with Crippen LogP contribution in [0.15, 0.2) is 0 Å². The predicted octanol–water partition coefficient (Wildman–Crippen LogP) is -1.10. The van der Waals surface area contributed by atoms with Crippen LogP contribution in [-0.4, -0.2) is 55.6 Å². The number of hydrogen-bond donors (Lipinski definition) is 1. The zero-order valence-electron chi connectivity index (χ0n) is 10.1. The molecule has 1 amide bonds. The van der Waals surface area contributed by atoms with E-state index in [1.165, 1.54) is 0 Å². The Bertz CT molecular complexity index is 260. The molecule has 0 bridgehead atoms. The molecule has 0 aromatic rings. The monoisotopic (exact) mass is 246 g/mol. The zero-order valence-corrected chi connectivity index (χ0v) is 10.1. The Balaban J connectivity index is 4.38. The van der Waals surface area contributed by atoms with Gasteiger partial charge in [-0.2, -0.15) is 0 Å². The molecular formula is C10H18N2O5. The molecule has 0 spiro atoms. The lowest BCUT2D eigenvalue weighted by atomic mass is 10.4. The van der Waals surface area contributed by atoms with Gasteiger partial charge in [-0.25, -0.2) is 0 Å². The largest absolute Gasteiger partial charge is 0.465 e. The summed E-state index contributed by atoms with van der Waals surface area (Å²) in [5.74, 6) is -1.68. The number of rotatable bonds is 7. The van der Waals surface area contributed by atoms with Crippen LogP contribution in [0.25, 0.3) is 0 Å². The van der Waals surface area contributed by atoms with E-state index in [2.05, 4.69) is 9.47 Å². The fourth-order valence-corrected chi connectivity index (χ4v) is 1.09. The molecule has 7 heteroatoms. The van der Waals surface area contributed by atoms with Crippen LogP contribution in [0, 0.1) is 0 Å². The molecule has 0 aliphatic rings. The molecule has 7 nitrogen and oxygen atoms in total. The highest BCUT2D eigenvalue weighted by Crippen LogP contribution is 1.93. The number of carbonyl (C=O) groups is 3. The molecule has 98 valence electrons. The van der Waals surface area contributed by atoms with E-state index in [0.29, 0.717) is 0 Å². The molecule has 0 saturated carbocycles. The van der Waals surface area contributed by atoms with Crippen molar-refractivity contribution in [2.75, 3.05) is 32.8 Å². The number of carbonyl (C=O) groups excluding carboxylic acids is 3. The minimum atomic E-state index is -0.585. The lowest BCUT2D eigenvalue weighted by Crippen LogP contribution is -2.43. The standard InChI is InChI=1S/C10H18N2O5/c1-3-16-9(14)6-12(8(13)5-11)7-10(15)17-4-2/h3-7,11H2,1-2H3. The molecule has 0 unspecified atom stereocenters. The van der Waals surface area contributed by atoms with E-state index in [9.17, 15) is 14.4 Å². The van der Waals surface area contributed by atoms with Crippen molar-refractivity contribution in [1.29, 1.82) is 0 Å². The first-order valence-electron chi connectivity index (χ1n) is 5.34. The summed E-state index contributed by atoms with van der Waals surface area (Å²) in [7, 11) is 0. The van der Waals surface area contributed by atoms with Gasteiger partial charge in [-0.1, -0.05) is 0 Å². The summed E-state index contributed by atoms with van der Waals surface area (Å²) in [5, 5.41) is 0. The Morgan fingerprint density at radius 2 is 1.41 bits per heavy atom. The third kappa shape index (κ3) is 6.52. The number of nitrogens with zero attached hydrogens (tertiary/aromatic N) is 1. The van der Waals surface area contributed by atoms with Gasteiger partial charge in [0, 0.05) is 0 Å². The Hall–Kier alpha value is -1.63. The Kier molecular flexibility index (Phi) is 7.70. The molecule has 0 radical (unpaired) electrons. The molecule has 2 N–H and O–H groups in total. The van der Waals surface area contributed by atoms with E-state index in [1.807, 2.05) is 0 Å². The van der Waals surface area contributed by atoms with Gasteiger partial charge < -0.3 is 20.1 Å². The van der Waals surface area contributed by atoms with Gasteiger partial charge >= 0.3 is 11.9 Å². The van der Waals surface area contributed by atoms with Crippen molar-refractivity contribution in [2.24, 2.45) is 5.73 Å². The second kappa shape index (κ2) is 8.51. The van der Waals surface area contributed by atoms with Crippen molar-refractivity contribution < 1.29 is 23.9 Å². The van der Waals surface area contributed by atoms with Crippen LogP contribution in [-0.2, 0) is 23.9 Å². The molecule has 0 atom stereocenters. The van der Waals surface area contributed by atoms with Gasteiger partial charge in [0.15, 0.2) is 0 Å². The van der Waals surface area contributed by atoms with Gasteiger partial charge in [-0.15, -0.1) is 0 Å². The van der Waals surface area contributed by atoms with Crippen LogP contribution >= 0.6 is 0 Å². The number of ether oxygens (including phenoxy) is 2. The maximum absolute atomic E-state index is 11.4. The highest BCUT2D eigenvalue weighted by atomic mass is 16.5. The highest BCUT2D eigenvalue weighted by Gasteiger charge is 2.20. The molecule has 0 aromatic carbocycles. The van der Waals surface area contributed by atoms with Gasteiger partial charge in [0.05, 0.1) is 19.8 Å². The van der Waals surface area contributed by atoms with Crippen molar-refractivity contribution in [2.45, 2.75) is 13.8 Å². The van der Waals surface area contributed by atoms with Gasteiger partial charge in [-0.3, -0.25) is 14.4 Å². The molecule has 0 aromatic heterocycles. The quantitative estimate of drug-likeness (QED) is 0.572. The fraction of sp³-hybridized carbons (Fsp3) is 0.700. The summed E-state index contributed by atoms with van der Waals surface area (Å²) in [4.78, 5) is 34.8. The highest BCUT2D eigenvalue weighted by molar-refractivity contribution is 5.86. The molecule has 17 heavy (non-hydrogen) atoms. The number of amides is 1. The van der Waals surface area contributed by atoms with Crippen molar-refractivity contribution in [3.8, 4) is 0 Å². The van der Waals surface area contributed by atoms with Crippen molar-refractivity contribution in [3.05, 3.63) is 0 Å². The molecule has 0 saturated heterocycles. The van der Waals surface area contributed by atoms with Crippen LogP contribution in [0.2, 0.25) is 0 Å². The molecule has 0 aliphatic carbocycles. The topological polar surface area (TPSA) is 98.9 Å². The minimum absolute atomic E-state index is 0.211. The SMILES string of the molecule is CCOC(=O)CN(CC(=O)OCC)C(=O)CN. The van der Waals surface area contributed by atoms with Gasteiger partial charge in [0.1, 0.15) is 13.1 Å². The first-order chi connectivity index (χ1) is 8.04. The lowest BCUT2D eigenvalue weighted by molar-refractivity contribution is -0.153. The Labute approximate surface area is 99.8 Å². The van der Waals surface area contributed by atoms with Gasteiger partial charge in [-0.05, 0) is 13.8 Å². The van der Waals surface area contributed by atoms with E-state index in [-0.39, 0.29) is 32.8 Å². The van der Waals surface area contributed by atoms with Gasteiger partial charge in [0.2, 0.25) is 5.91 Å². The maximum atomic E-state index is 11.4. The second-order valence-electron chi connectivity index (χ2n) is 3.06. The molecule has 0 rings (SSSR count). The van der Waals surface area contributed by atoms with Crippen LogP contribution in [0.1, 0.15) is 13.8 Å². The molecule has 0 fully saturated rings. The van der Waals surface area contributed by atoms with E-state index in [4.69, 9.17) is 5.73 Å². The fourth-order valence-electron chi connectivity index (χ4n) is 1.09. The normalized spacial score (nSPS) is 9.59. The van der Waals surface area contributed by atoms with E-state index in [1.54, 1.807) is 13.8 Å². The molecular weight excluding hydrogens is 228 g/mol. The average molecular weight is 246 g/mol. The smallest absolute Gasteiger partial charge is 0.325 e. The number of nitrogens with two attached hydrogens (primary N) is 1. The van der Waals surface area contributed by atoms with E-state index >= 15 is 0 Å². The number of esters is 2. The zero-order chi connectivity index (χ0) is 13.3. The second-order valence-corrected chi connectivity index (χ2v) is 3.06. The van der Waals surface area contributed by atoms with Crippen LogP contribution in [0.3, 0.4) is 0 Å². The third-order valence-electron chi connectivity index (χ3n) is 1.78. The molecule has 0 aliphatic heterocycles. The molecule has 0 heterocycles. The number of hydrogen-bond acceptors (Lipinski definition) is 6. The first kappa shape index (κ1) is 15.4. The third-order valence-corrected chi connectivity index (χ3v) is 1.78. The lowest BCUT2D eigenvalue weighted by Gasteiger charge is -2.19. The van der Waals surface area contributed by atoms with Crippen molar-refractivity contribution >= 4 is 17.8 Å². The summed E-state index contributed by atoms with van der Waals surface area (Å²) in [5.41, 5.74) is 5.18.